The summed E-state index contributed by atoms with van der Waals surface area (Å²) < 4.78 is 4.67. The van der Waals surface area contributed by atoms with E-state index in [0.29, 0.717) is 0 Å². The molecule has 2 N–H and O–H groups in total. The molecule has 1 saturated heterocycles. The molecule has 0 aromatic carbocycles. The van der Waals surface area contributed by atoms with E-state index < -0.39 is 24.2 Å². The molecule has 1 rings (SSSR count). The molecule has 1 amide bonds. The second-order valence-electron chi connectivity index (χ2n) is 3.03. The third kappa shape index (κ3) is 1.95. The van der Waals surface area contributed by atoms with Gasteiger partial charge < -0.3 is 14.9 Å². The maximum atomic E-state index is 11.2. The van der Waals surface area contributed by atoms with Crippen molar-refractivity contribution in [1.29, 1.82) is 0 Å². The minimum absolute atomic E-state index is 0.192. The van der Waals surface area contributed by atoms with Crippen LogP contribution >= 0.6 is 0 Å². The van der Waals surface area contributed by atoms with Gasteiger partial charge in [-0.25, -0.2) is 9.59 Å². The summed E-state index contributed by atoms with van der Waals surface area (Å²) in [7, 11) is 0. The van der Waals surface area contributed by atoms with E-state index in [1.165, 1.54) is 0 Å². The molecule has 2 unspecified atom stereocenters. The van der Waals surface area contributed by atoms with Gasteiger partial charge in [0.15, 0.2) is 6.04 Å². The predicted octanol–water partition coefficient (Wildman–Crippen LogP) is -0.337. The summed E-state index contributed by atoms with van der Waals surface area (Å²) in [5.74, 6) is -1.21. The van der Waals surface area contributed by atoms with Crippen molar-refractivity contribution in [3.63, 3.8) is 0 Å². The third-order valence-electron chi connectivity index (χ3n) is 2.12. The molecule has 80 valence electrons. The topological polar surface area (TPSA) is 87.1 Å². The number of rotatable bonds is 2. The monoisotopic (exact) mass is 203 g/mol. The Morgan fingerprint density at radius 3 is 2.71 bits per heavy atom. The van der Waals surface area contributed by atoms with Crippen molar-refractivity contribution in [1.82, 2.24) is 4.90 Å². The molecule has 14 heavy (non-hydrogen) atoms. The van der Waals surface area contributed by atoms with Gasteiger partial charge in [0, 0.05) is 6.54 Å². The van der Waals surface area contributed by atoms with Crippen LogP contribution in [-0.4, -0.2) is 52.5 Å². The van der Waals surface area contributed by atoms with Crippen LogP contribution in [0.3, 0.4) is 0 Å². The highest BCUT2D eigenvalue weighted by molar-refractivity contribution is 5.81. The van der Waals surface area contributed by atoms with E-state index >= 15 is 0 Å². The van der Waals surface area contributed by atoms with Crippen LogP contribution in [-0.2, 0) is 9.53 Å². The highest BCUT2D eigenvalue weighted by Gasteiger charge is 2.41. The van der Waals surface area contributed by atoms with E-state index in [-0.39, 0.29) is 19.6 Å². The zero-order valence-corrected chi connectivity index (χ0v) is 7.84. The molecule has 0 aliphatic carbocycles. The molecular formula is C8H13NO5. The highest BCUT2D eigenvalue weighted by atomic mass is 16.6. The Balaban J connectivity index is 2.69. The number of hydrogen-bond acceptors (Lipinski definition) is 4. The third-order valence-corrected chi connectivity index (χ3v) is 2.12. The van der Waals surface area contributed by atoms with E-state index in [4.69, 9.17) is 5.11 Å². The smallest absolute Gasteiger partial charge is 0.410 e. The van der Waals surface area contributed by atoms with Crippen molar-refractivity contribution < 1.29 is 24.5 Å². The van der Waals surface area contributed by atoms with Gasteiger partial charge in [-0.05, 0) is 13.3 Å². The van der Waals surface area contributed by atoms with E-state index in [0.717, 1.165) is 4.90 Å². The van der Waals surface area contributed by atoms with Crippen LogP contribution in [0, 0.1) is 0 Å². The number of nitrogens with zero attached hydrogens (tertiary/aromatic N) is 1. The Morgan fingerprint density at radius 2 is 2.21 bits per heavy atom. The molecule has 6 nitrogen and oxygen atoms in total. The molecule has 0 radical (unpaired) electrons. The van der Waals surface area contributed by atoms with Gasteiger partial charge >= 0.3 is 12.1 Å². The number of aliphatic carboxylic acids is 1. The lowest BCUT2D eigenvalue weighted by molar-refractivity contribution is -0.144. The van der Waals surface area contributed by atoms with Crippen molar-refractivity contribution in [2.45, 2.75) is 25.5 Å². The Bertz CT molecular complexity index is 242. The maximum absolute atomic E-state index is 11.2. The fraction of sp³-hybridized carbons (Fsp3) is 0.750. The highest BCUT2D eigenvalue weighted by Crippen LogP contribution is 2.19. The van der Waals surface area contributed by atoms with Gasteiger partial charge in [0.05, 0.1) is 12.7 Å². The van der Waals surface area contributed by atoms with Crippen LogP contribution in [0.15, 0.2) is 0 Å². The van der Waals surface area contributed by atoms with E-state index in [1.54, 1.807) is 6.92 Å². The lowest BCUT2D eigenvalue weighted by Gasteiger charge is -2.21. The van der Waals surface area contributed by atoms with Crippen LogP contribution in [0.4, 0.5) is 4.79 Å². The Hall–Kier alpha value is -1.30. The van der Waals surface area contributed by atoms with Crippen LogP contribution in [0.1, 0.15) is 13.3 Å². The first-order chi connectivity index (χ1) is 6.57. The maximum Gasteiger partial charge on any atom is 0.410 e. The lowest BCUT2D eigenvalue weighted by atomic mass is 10.2. The lowest BCUT2D eigenvalue weighted by Crippen LogP contribution is -2.45. The molecule has 0 spiro atoms. The van der Waals surface area contributed by atoms with Gasteiger partial charge in [0.25, 0.3) is 0 Å². The summed E-state index contributed by atoms with van der Waals surface area (Å²) in [5, 5.41) is 18.1. The number of hydrogen-bond donors (Lipinski definition) is 2. The molecule has 0 bridgehead atoms. The van der Waals surface area contributed by atoms with Crippen molar-refractivity contribution in [2.24, 2.45) is 0 Å². The first-order valence-corrected chi connectivity index (χ1v) is 4.42. The number of likely N-dealkylation sites (tertiary alicyclic amines) is 1. The van der Waals surface area contributed by atoms with Gasteiger partial charge in [-0.2, -0.15) is 0 Å². The van der Waals surface area contributed by atoms with E-state index in [1.807, 2.05) is 0 Å². The predicted molar refractivity (Wildman–Crippen MR) is 45.8 cm³/mol. The second kappa shape index (κ2) is 4.28. The summed E-state index contributed by atoms with van der Waals surface area (Å²) in [6, 6.07) is -1.17. The summed E-state index contributed by atoms with van der Waals surface area (Å²) in [6.07, 6.45) is -1.41. The molecule has 1 fully saturated rings. The second-order valence-corrected chi connectivity index (χ2v) is 3.03. The van der Waals surface area contributed by atoms with Crippen LogP contribution in [0.25, 0.3) is 0 Å². The largest absolute Gasteiger partial charge is 0.480 e. The van der Waals surface area contributed by atoms with Crippen LogP contribution < -0.4 is 0 Å². The number of aliphatic hydroxyl groups is 1. The van der Waals surface area contributed by atoms with Crippen molar-refractivity contribution in [3.8, 4) is 0 Å². The van der Waals surface area contributed by atoms with Crippen LogP contribution in [0.5, 0.6) is 0 Å². The number of aliphatic hydroxyl groups excluding tert-OH is 1. The number of carbonyl (C=O) groups is 2. The van der Waals surface area contributed by atoms with Gasteiger partial charge in [-0.3, -0.25) is 4.90 Å². The minimum Gasteiger partial charge on any atom is -0.480 e. The van der Waals surface area contributed by atoms with Crippen molar-refractivity contribution in [2.75, 3.05) is 13.2 Å². The summed E-state index contributed by atoms with van der Waals surface area (Å²) in [5.41, 5.74) is 0. The minimum atomic E-state index is -1.21. The average molecular weight is 203 g/mol. The molecular weight excluding hydrogens is 190 g/mol. The van der Waals surface area contributed by atoms with E-state index in [9.17, 15) is 14.7 Å². The number of carboxylic acids is 1. The quantitative estimate of drug-likeness (QED) is 0.641. The van der Waals surface area contributed by atoms with E-state index in [2.05, 4.69) is 4.74 Å². The summed E-state index contributed by atoms with van der Waals surface area (Å²) in [6.45, 7) is 2.05. The molecule has 1 aliphatic rings. The SMILES string of the molecule is CCOC(=O)N1CCC(O)C1C(=O)O. The number of ether oxygens (including phenoxy) is 1. The van der Waals surface area contributed by atoms with Crippen molar-refractivity contribution >= 4 is 12.1 Å². The standard InChI is InChI=1S/C8H13NO5/c1-2-14-8(13)9-4-3-5(10)6(9)7(11)12/h5-6,10H,2-4H2,1H3,(H,11,12). The average Bonchev–Trinajstić information content (AvgIpc) is 2.47. The molecule has 6 heteroatoms. The van der Waals surface area contributed by atoms with Gasteiger partial charge in [-0.15, -0.1) is 0 Å². The zero-order valence-electron chi connectivity index (χ0n) is 7.84. The van der Waals surface area contributed by atoms with Gasteiger partial charge in [-0.1, -0.05) is 0 Å². The van der Waals surface area contributed by atoms with Crippen molar-refractivity contribution in [3.05, 3.63) is 0 Å². The van der Waals surface area contributed by atoms with Crippen LogP contribution in [0.2, 0.25) is 0 Å². The normalized spacial score (nSPS) is 26.3. The molecule has 0 saturated carbocycles. The fourth-order valence-electron chi connectivity index (χ4n) is 1.49. The molecule has 1 heterocycles. The summed E-state index contributed by atoms with van der Waals surface area (Å²) >= 11 is 0. The first-order valence-electron chi connectivity index (χ1n) is 4.42. The number of carbonyl (C=O) groups excluding carboxylic acids is 1. The summed E-state index contributed by atoms with van der Waals surface area (Å²) in [4.78, 5) is 23.0. The van der Waals surface area contributed by atoms with Gasteiger partial charge in [0.2, 0.25) is 0 Å². The Morgan fingerprint density at radius 1 is 1.57 bits per heavy atom. The zero-order chi connectivity index (χ0) is 10.7. The molecule has 0 aromatic rings. The molecule has 2 atom stereocenters. The number of carboxylic acid groups (broad SMARTS) is 1. The molecule has 0 aromatic heterocycles. The first kappa shape index (κ1) is 10.8. The molecule has 1 aliphatic heterocycles. The Kier molecular flexibility index (Phi) is 3.29. The number of amides is 1. The Labute approximate surface area is 81.1 Å². The fourth-order valence-corrected chi connectivity index (χ4v) is 1.49. The van der Waals surface area contributed by atoms with Gasteiger partial charge in [0.1, 0.15) is 0 Å².